The summed E-state index contributed by atoms with van der Waals surface area (Å²) >= 11 is 0. The number of hydrogen-bond acceptors (Lipinski definition) is 8. The molecule has 0 radical (unpaired) electrons. The van der Waals surface area contributed by atoms with Gasteiger partial charge in [-0.2, -0.15) is 0 Å². The highest BCUT2D eigenvalue weighted by Gasteiger charge is 2.32. The first-order valence-corrected chi connectivity index (χ1v) is 15.1. The van der Waals surface area contributed by atoms with Crippen LogP contribution in [0.25, 0.3) is 0 Å². The Morgan fingerprint density at radius 2 is 1.82 bits per heavy atom. The van der Waals surface area contributed by atoms with Crippen LogP contribution in [0.15, 0.2) is 42.5 Å². The molecule has 2 aliphatic rings. The highest BCUT2D eigenvalue weighted by molar-refractivity contribution is 5.91. The third kappa shape index (κ3) is 9.07. The van der Waals surface area contributed by atoms with Crippen LogP contribution in [-0.4, -0.2) is 116 Å². The lowest BCUT2D eigenvalue weighted by Gasteiger charge is -2.34. The van der Waals surface area contributed by atoms with E-state index < -0.39 is 12.1 Å². The molecule has 2 aromatic carbocycles. The Balaban J connectivity index is 1.49. The molecule has 2 aromatic rings. The molecule has 240 valence electrons. The maximum atomic E-state index is 13.5. The van der Waals surface area contributed by atoms with Crippen molar-refractivity contribution in [3.63, 3.8) is 0 Å². The summed E-state index contributed by atoms with van der Waals surface area (Å²) < 4.78 is 17.1. The molecule has 2 aliphatic heterocycles. The third-order valence-corrected chi connectivity index (χ3v) is 8.10. The van der Waals surface area contributed by atoms with Gasteiger partial charge in [0.05, 0.1) is 45.9 Å². The molecule has 0 saturated carbocycles. The van der Waals surface area contributed by atoms with E-state index in [-0.39, 0.29) is 43.3 Å². The normalized spacial score (nSPS) is 19.8. The van der Waals surface area contributed by atoms with Crippen LogP contribution in [-0.2, 0) is 20.7 Å². The lowest BCUT2D eigenvalue weighted by Crippen LogP contribution is -2.48. The highest BCUT2D eigenvalue weighted by atomic mass is 16.5. The summed E-state index contributed by atoms with van der Waals surface area (Å²) in [6.07, 6.45) is -0.0722. The van der Waals surface area contributed by atoms with Crippen molar-refractivity contribution >= 4 is 29.2 Å². The van der Waals surface area contributed by atoms with E-state index in [2.05, 4.69) is 15.5 Å². The van der Waals surface area contributed by atoms with Crippen molar-refractivity contribution < 1.29 is 33.7 Å². The predicted octanol–water partition coefficient (Wildman–Crippen LogP) is 2.67. The van der Waals surface area contributed by atoms with Gasteiger partial charge >= 0.3 is 6.03 Å². The number of urea groups is 1. The molecule has 44 heavy (non-hydrogen) atoms. The number of aliphatic hydroxyl groups is 1. The first-order valence-electron chi connectivity index (χ1n) is 15.1. The molecular weight excluding hydrogens is 566 g/mol. The number of anilines is 2. The Kier molecular flexibility index (Phi) is 11.8. The zero-order valence-corrected chi connectivity index (χ0v) is 26.1. The second-order valence-corrected chi connectivity index (χ2v) is 11.5. The number of ether oxygens (including phenoxy) is 3. The maximum Gasteiger partial charge on any atom is 0.321 e. The molecular formula is C32H45N5O7. The van der Waals surface area contributed by atoms with Gasteiger partial charge in [-0.3, -0.25) is 14.5 Å². The Hall–Kier alpha value is -3.87. The van der Waals surface area contributed by atoms with E-state index in [1.807, 2.05) is 6.92 Å². The number of fused-ring (bicyclic) bond motifs is 1. The first-order chi connectivity index (χ1) is 21.2. The molecule has 0 spiro atoms. The minimum Gasteiger partial charge on any atom is -0.497 e. The van der Waals surface area contributed by atoms with Crippen LogP contribution in [0, 0.1) is 5.92 Å². The van der Waals surface area contributed by atoms with Crippen molar-refractivity contribution in [2.45, 2.75) is 38.8 Å². The zero-order chi connectivity index (χ0) is 31.6. The number of rotatable bonds is 10. The standard InChI is InChI=1S/C32H45N5O7/c1-22-19-37(23(2)21-38)31(40)18-24-17-26(33-30(39)11-12-36-13-15-43-16-14-36)7-10-28(24)44-29(22)20-35(3)32(41)34-25-5-8-27(42-4)9-6-25/h5-10,17,22-23,29,38H,11-16,18-21H2,1-4H3,(H,33,39)(H,34,41)/t22-,23-,29+/m0/s1. The number of hydrogen-bond donors (Lipinski definition) is 3. The van der Waals surface area contributed by atoms with E-state index in [0.717, 1.165) is 13.1 Å². The molecule has 3 N–H and O–H groups in total. The summed E-state index contributed by atoms with van der Waals surface area (Å²) in [5, 5.41) is 15.8. The fourth-order valence-electron chi connectivity index (χ4n) is 5.28. The minimum absolute atomic E-state index is 0.0460. The molecule has 0 unspecified atom stereocenters. The summed E-state index contributed by atoms with van der Waals surface area (Å²) in [6.45, 7) is 7.81. The molecule has 3 atom stereocenters. The number of morpholine rings is 1. The average Bonchev–Trinajstić information content (AvgIpc) is 3.07. The Morgan fingerprint density at radius 3 is 2.50 bits per heavy atom. The summed E-state index contributed by atoms with van der Waals surface area (Å²) in [7, 11) is 3.27. The van der Waals surface area contributed by atoms with Gasteiger partial charge in [0, 0.05) is 62.5 Å². The van der Waals surface area contributed by atoms with Crippen LogP contribution in [0.3, 0.4) is 0 Å². The predicted molar refractivity (Wildman–Crippen MR) is 167 cm³/mol. The lowest BCUT2D eigenvalue weighted by molar-refractivity contribution is -0.134. The number of carbonyl (C=O) groups excluding carboxylic acids is 3. The first kappa shape index (κ1) is 33.0. The zero-order valence-electron chi connectivity index (χ0n) is 26.1. The molecule has 0 aliphatic carbocycles. The van der Waals surface area contributed by atoms with Gasteiger partial charge in [0.2, 0.25) is 11.8 Å². The number of nitrogens with zero attached hydrogens (tertiary/aromatic N) is 3. The molecule has 1 saturated heterocycles. The van der Waals surface area contributed by atoms with Crippen LogP contribution in [0.2, 0.25) is 0 Å². The molecule has 12 nitrogen and oxygen atoms in total. The van der Waals surface area contributed by atoms with Gasteiger partial charge in [0.25, 0.3) is 0 Å². The lowest BCUT2D eigenvalue weighted by atomic mass is 10.0. The van der Waals surface area contributed by atoms with Gasteiger partial charge in [0.15, 0.2) is 0 Å². The van der Waals surface area contributed by atoms with Crippen molar-refractivity contribution in [1.82, 2.24) is 14.7 Å². The number of amides is 4. The van der Waals surface area contributed by atoms with Crippen LogP contribution >= 0.6 is 0 Å². The van der Waals surface area contributed by atoms with Gasteiger partial charge in [-0.05, 0) is 49.4 Å². The molecule has 4 rings (SSSR count). The Morgan fingerprint density at radius 1 is 1.11 bits per heavy atom. The summed E-state index contributed by atoms with van der Waals surface area (Å²) in [5.74, 6) is 0.775. The smallest absolute Gasteiger partial charge is 0.321 e. The maximum absolute atomic E-state index is 13.5. The monoisotopic (exact) mass is 611 g/mol. The fraction of sp³-hybridized carbons (Fsp3) is 0.531. The summed E-state index contributed by atoms with van der Waals surface area (Å²) in [6, 6.07) is 11.7. The van der Waals surface area contributed by atoms with E-state index in [1.165, 1.54) is 0 Å². The van der Waals surface area contributed by atoms with Crippen LogP contribution in [0.1, 0.15) is 25.8 Å². The SMILES string of the molecule is COc1ccc(NC(=O)N(C)C[C@H]2Oc3ccc(NC(=O)CCN4CCOCC4)cc3CC(=O)N([C@@H](C)CO)C[C@@H]2C)cc1. The van der Waals surface area contributed by atoms with Gasteiger partial charge in [-0.25, -0.2) is 4.79 Å². The van der Waals surface area contributed by atoms with Gasteiger partial charge in [0.1, 0.15) is 17.6 Å². The van der Waals surface area contributed by atoms with Gasteiger partial charge in [-0.1, -0.05) is 6.92 Å². The van der Waals surface area contributed by atoms with Gasteiger partial charge in [-0.15, -0.1) is 0 Å². The number of methoxy groups -OCH3 is 1. The molecule has 0 aromatic heterocycles. The fourth-order valence-corrected chi connectivity index (χ4v) is 5.28. The number of likely N-dealkylation sites (N-methyl/N-ethyl adjacent to an activating group) is 1. The van der Waals surface area contributed by atoms with Gasteiger partial charge < -0.3 is 39.8 Å². The number of benzene rings is 2. The van der Waals surface area contributed by atoms with E-state index in [1.54, 1.807) is 73.3 Å². The van der Waals surface area contributed by atoms with Crippen LogP contribution < -0.4 is 20.1 Å². The minimum atomic E-state index is -0.464. The second kappa shape index (κ2) is 15.7. The van der Waals surface area contributed by atoms with E-state index in [4.69, 9.17) is 14.2 Å². The molecule has 12 heteroatoms. The van der Waals surface area contributed by atoms with E-state index >= 15 is 0 Å². The highest BCUT2D eigenvalue weighted by Crippen LogP contribution is 2.29. The van der Waals surface area contributed by atoms with E-state index in [0.29, 0.717) is 61.2 Å². The van der Waals surface area contributed by atoms with Crippen molar-refractivity contribution in [2.24, 2.45) is 5.92 Å². The van der Waals surface area contributed by atoms with Crippen LogP contribution in [0.4, 0.5) is 16.2 Å². The second-order valence-electron chi connectivity index (χ2n) is 11.5. The topological polar surface area (TPSA) is 133 Å². The summed E-state index contributed by atoms with van der Waals surface area (Å²) in [5.41, 5.74) is 1.83. The quantitative estimate of drug-likeness (QED) is 0.374. The van der Waals surface area contributed by atoms with Crippen molar-refractivity contribution in [3.05, 3.63) is 48.0 Å². The number of carbonyl (C=O) groups is 3. The molecule has 2 heterocycles. The Labute approximate surface area is 259 Å². The largest absolute Gasteiger partial charge is 0.497 e. The Bertz CT molecular complexity index is 1270. The van der Waals surface area contributed by atoms with Crippen molar-refractivity contribution in [1.29, 1.82) is 0 Å². The van der Waals surface area contributed by atoms with E-state index in [9.17, 15) is 19.5 Å². The average molecular weight is 612 g/mol. The number of nitrogens with one attached hydrogen (secondary N) is 2. The summed E-state index contributed by atoms with van der Waals surface area (Å²) in [4.78, 5) is 44.7. The third-order valence-electron chi connectivity index (χ3n) is 8.10. The van der Waals surface area contributed by atoms with Crippen molar-refractivity contribution in [2.75, 3.05) is 77.3 Å². The molecule has 0 bridgehead atoms. The molecule has 4 amide bonds. The van der Waals surface area contributed by atoms with Crippen LogP contribution in [0.5, 0.6) is 11.5 Å². The molecule has 1 fully saturated rings. The number of aliphatic hydroxyl groups excluding tert-OH is 1. The van der Waals surface area contributed by atoms with Crippen molar-refractivity contribution in [3.8, 4) is 11.5 Å².